The summed E-state index contributed by atoms with van der Waals surface area (Å²) in [4.78, 5) is 66.4. The van der Waals surface area contributed by atoms with Crippen molar-refractivity contribution in [2.45, 2.75) is 25.3 Å². The molecule has 1 aliphatic carbocycles. The van der Waals surface area contributed by atoms with Crippen LogP contribution in [0.1, 0.15) is 28.8 Å². The molecule has 2 aromatic carbocycles. The molecule has 200 valence electrons. The van der Waals surface area contributed by atoms with Gasteiger partial charge >= 0.3 is 5.69 Å². The lowest BCUT2D eigenvalue weighted by Gasteiger charge is -2.19. The minimum Gasteiger partial charge on any atom is -0.368 e. The number of fused-ring (bicyclic) bond motifs is 1. The van der Waals surface area contributed by atoms with Crippen LogP contribution in [-0.4, -0.2) is 31.5 Å². The molecule has 5 rings (SSSR count). The predicted octanol–water partition coefficient (Wildman–Crippen LogP) is 1.92. The van der Waals surface area contributed by atoms with E-state index in [1.165, 1.54) is 54.9 Å². The highest BCUT2D eigenvalue weighted by Gasteiger charge is 2.50. The third kappa shape index (κ3) is 4.51. The highest BCUT2D eigenvalue weighted by atomic mass is 127. The molecule has 0 unspecified atom stereocenters. The molecule has 0 radical (unpaired) electrons. The third-order valence-corrected chi connectivity index (χ3v) is 7.46. The average molecular weight is 644 g/mol. The molecule has 0 bridgehead atoms. The van der Waals surface area contributed by atoms with Gasteiger partial charge in [-0.2, -0.15) is 0 Å². The minimum atomic E-state index is -1.09. The lowest BCUT2D eigenvalue weighted by molar-refractivity contribution is -0.120. The van der Waals surface area contributed by atoms with Gasteiger partial charge in [0.25, 0.3) is 17.0 Å². The van der Waals surface area contributed by atoms with E-state index < -0.39 is 40.0 Å². The molecule has 5 N–H and O–H groups in total. The van der Waals surface area contributed by atoms with Crippen molar-refractivity contribution in [1.82, 2.24) is 19.4 Å². The predicted molar refractivity (Wildman–Crippen MR) is 151 cm³/mol. The van der Waals surface area contributed by atoms with Crippen LogP contribution < -0.4 is 33.2 Å². The molecule has 39 heavy (non-hydrogen) atoms. The van der Waals surface area contributed by atoms with E-state index in [0.29, 0.717) is 16.4 Å². The van der Waals surface area contributed by atoms with Crippen molar-refractivity contribution < 1.29 is 14.0 Å². The van der Waals surface area contributed by atoms with Crippen LogP contribution in [0, 0.1) is 16.3 Å². The van der Waals surface area contributed by atoms with Crippen LogP contribution >= 0.6 is 22.6 Å². The van der Waals surface area contributed by atoms with Crippen LogP contribution in [-0.2, 0) is 11.8 Å². The number of anilines is 2. The van der Waals surface area contributed by atoms with Gasteiger partial charge in [-0.25, -0.2) is 9.18 Å². The maximum atomic E-state index is 14.7. The Labute approximate surface area is 233 Å². The molecule has 2 heterocycles. The number of aromatic nitrogens is 3. The lowest BCUT2D eigenvalue weighted by Crippen LogP contribution is -2.46. The van der Waals surface area contributed by atoms with Crippen molar-refractivity contribution in [3.63, 3.8) is 0 Å². The average Bonchev–Trinajstić information content (AvgIpc) is 3.67. The summed E-state index contributed by atoms with van der Waals surface area (Å²) in [5.41, 5.74) is 2.58. The molecule has 4 aromatic rings. The number of rotatable bonds is 6. The van der Waals surface area contributed by atoms with E-state index >= 15 is 0 Å². The summed E-state index contributed by atoms with van der Waals surface area (Å²) in [6.45, 7) is 1.47. The number of halogens is 2. The van der Waals surface area contributed by atoms with Crippen LogP contribution in [0.5, 0.6) is 0 Å². The number of nitrogens with two attached hydrogens (primary N) is 1. The number of nitrogens with one attached hydrogen (secondary N) is 3. The molecule has 1 fully saturated rings. The van der Waals surface area contributed by atoms with Gasteiger partial charge in [0.2, 0.25) is 5.91 Å². The highest BCUT2D eigenvalue weighted by Crippen LogP contribution is 2.35. The number of carbonyl (C=O) groups excluding carboxylic acids is 2. The first-order valence-electron chi connectivity index (χ1n) is 11.8. The zero-order valence-corrected chi connectivity index (χ0v) is 22.9. The van der Waals surface area contributed by atoms with Gasteiger partial charge < -0.3 is 16.4 Å². The number of benzene rings is 2. The first kappa shape index (κ1) is 26.3. The molecule has 11 nitrogen and oxygen atoms in total. The van der Waals surface area contributed by atoms with Gasteiger partial charge in [0, 0.05) is 21.7 Å². The summed E-state index contributed by atoms with van der Waals surface area (Å²) < 4.78 is 17.6. The Morgan fingerprint density at radius 3 is 2.49 bits per heavy atom. The number of aromatic amines is 1. The third-order valence-electron chi connectivity index (χ3n) is 6.79. The summed E-state index contributed by atoms with van der Waals surface area (Å²) >= 11 is 1.96. The number of pyridine rings is 1. The van der Waals surface area contributed by atoms with Gasteiger partial charge in [-0.15, -0.1) is 0 Å². The zero-order chi connectivity index (χ0) is 28.2. The van der Waals surface area contributed by atoms with E-state index in [9.17, 15) is 28.4 Å². The van der Waals surface area contributed by atoms with Crippen molar-refractivity contribution in [3.8, 4) is 5.69 Å². The standard InChI is InChI=1S/C26H22FIN6O5/c1-12-19-18(20(33(2)23(12)37)30-17-7-6-14(28)11-16(17)27)22(36)31-25(39)34(19)15-5-3-4-13(10-15)21(35)32-26(8-9-26)24(29)38/h3-7,10-11,30H,8-9H2,1-2H3,(H2,29,38)(H,32,35)(H,31,36,39). The van der Waals surface area contributed by atoms with Gasteiger partial charge in [0.1, 0.15) is 22.6 Å². The Balaban J connectivity index is 1.72. The monoisotopic (exact) mass is 644 g/mol. The normalized spacial score (nSPS) is 13.7. The van der Waals surface area contributed by atoms with Gasteiger partial charge in [-0.1, -0.05) is 6.07 Å². The lowest BCUT2D eigenvalue weighted by atomic mass is 10.1. The van der Waals surface area contributed by atoms with Crippen LogP contribution in [0.15, 0.2) is 56.8 Å². The van der Waals surface area contributed by atoms with Crippen LogP contribution in [0.3, 0.4) is 0 Å². The SMILES string of the molecule is Cc1c(=O)n(C)c(Nc2ccc(I)cc2F)c2c(=O)[nH]c(=O)n(-c3cccc(C(=O)NC4(C(N)=O)CC4)c3)c12. The summed E-state index contributed by atoms with van der Waals surface area (Å²) in [7, 11) is 1.42. The second-order valence-corrected chi connectivity index (χ2v) is 10.6. The number of carbonyl (C=O) groups is 2. The fraction of sp³-hybridized carbons (Fsp3) is 0.192. The van der Waals surface area contributed by atoms with Gasteiger partial charge in [0.05, 0.1) is 16.9 Å². The summed E-state index contributed by atoms with van der Waals surface area (Å²) in [5.74, 6) is -1.83. The number of nitrogens with zero attached hydrogens (tertiary/aromatic N) is 2. The van der Waals surface area contributed by atoms with Crippen molar-refractivity contribution in [3.05, 3.63) is 94.2 Å². The molecule has 2 aromatic heterocycles. The summed E-state index contributed by atoms with van der Waals surface area (Å²) in [6.07, 6.45) is 0.856. The highest BCUT2D eigenvalue weighted by molar-refractivity contribution is 14.1. The van der Waals surface area contributed by atoms with E-state index in [2.05, 4.69) is 15.6 Å². The topological polar surface area (TPSA) is 161 Å². The van der Waals surface area contributed by atoms with Crippen molar-refractivity contribution in [2.75, 3.05) is 5.32 Å². The molecule has 0 saturated heterocycles. The second kappa shape index (κ2) is 9.48. The number of H-pyrrole nitrogens is 1. The van der Waals surface area contributed by atoms with Crippen LogP contribution in [0.2, 0.25) is 0 Å². The molecular weight excluding hydrogens is 622 g/mol. The minimum absolute atomic E-state index is 0.00590. The van der Waals surface area contributed by atoms with E-state index in [0.717, 1.165) is 4.57 Å². The molecule has 0 spiro atoms. The molecular formula is C26H22FIN6O5. The number of hydrogen-bond acceptors (Lipinski definition) is 6. The smallest absolute Gasteiger partial charge is 0.333 e. The Morgan fingerprint density at radius 1 is 1.13 bits per heavy atom. The number of hydrogen-bond donors (Lipinski definition) is 4. The summed E-state index contributed by atoms with van der Waals surface area (Å²) in [6, 6.07) is 10.4. The molecule has 2 amide bonds. The fourth-order valence-corrected chi connectivity index (χ4v) is 4.93. The largest absolute Gasteiger partial charge is 0.368 e. The molecule has 0 aliphatic heterocycles. The number of primary amides is 1. The maximum absolute atomic E-state index is 14.7. The van der Waals surface area contributed by atoms with Gasteiger partial charge in [0.15, 0.2) is 0 Å². The van der Waals surface area contributed by atoms with E-state index in [4.69, 9.17) is 5.73 Å². The van der Waals surface area contributed by atoms with Crippen molar-refractivity contribution in [2.24, 2.45) is 12.8 Å². The quantitative estimate of drug-likeness (QED) is 0.235. The first-order valence-corrected chi connectivity index (χ1v) is 12.8. The fourth-order valence-electron chi connectivity index (χ4n) is 4.48. The first-order chi connectivity index (χ1) is 18.4. The Kier molecular flexibility index (Phi) is 6.40. The van der Waals surface area contributed by atoms with E-state index in [-0.39, 0.29) is 39.2 Å². The van der Waals surface area contributed by atoms with Gasteiger partial charge in [-0.3, -0.25) is 33.3 Å². The zero-order valence-electron chi connectivity index (χ0n) is 20.7. The molecule has 13 heteroatoms. The number of amides is 2. The molecule has 1 saturated carbocycles. The van der Waals surface area contributed by atoms with Crippen molar-refractivity contribution in [1.29, 1.82) is 0 Å². The van der Waals surface area contributed by atoms with E-state index in [1.54, 1.807) is 6.07 Å². The van der Waals surface area contributed by atoms with E-state index in [1.807, 2.05) is 22.6 Å². The number of aryl methyl sites for hydroxylation is 1. The summed E-state index contributed by atoms with van der Waals surface area (Å²) in [5, 5.41) is 5.41. The molecule has 1 aliphatic rings. The Bertz CT molecular complexity index is 1890. The molecule has 0 atom stereocenters. The second-order valence-electron chi connectivity index (χ2n) is 9.36. The van der Waals surface area contributed by atoms with Crippen molar-refractivity contribution >= 4 is 56.8 Å². The van der Waals surface area contributed by atoms with Gasteiger partial charge in [-0.05, 0) is 78.8 Å². The maximum Gasteiger partial charge on any atom is 0.333 e. The van der Waals surface area contributed by atoms with Crippen LogP contribution in [0.25, 0.3) is 16.6 Å². The van der Waals surface area contributed by atoms with Crippen LogP contribution in [0.4, 0.5) is 15.9 Å². The Hall–Kier alpha value is -4.27. The Morgan fingerprint density at radius 2 is 1.85 bits per heavy atom.